The zero-order valence-corrected chi connectivity index (χ0v) is 17.0. The van der Waals surface area contributed by atoms with Crippen molar-refractivity contribution in [2.24, 2.45) is 0 Å². The number of thioether (sulfide) groups is 1. The lowest BCUT2D eigenvalue weighted by atomic mass is 10.2. The van der Waals surface area contributed by atoms with Gasteiger partial charge in [-0.3, -0.25) is 9.89 Å². The Bertz CT molecular complexity index is 981. The van der Waals surface area contributed by atoms with Crippen LogP contribution in [0, 0.1) is 0 Å². The van der Waals surface area contributed by atoms with Crippen LogP contribution < -0.4 is 10.1 Å². The second-order valence-corrected chi connectivity index (χ2v) is 7.41. The molecule has 2 aromatic carbocycles. The Labute approximate surface area is 174 Å². The number of ether oxygens (including phenoxy) is 1. The van der Waals surface area contributed by atoms with E-state index in [-0.39, 0.29) is 11.7 Å². The highest BCUT2D eigenvalue weighted by molar-refractivity contribution is 7.99. The molecule has 140 valence electrons. The van der Waals surface area contributed by atoms with Crippen molar-refractivity contribution in [3.05, 3.63) is 51.5 Å². The summed E-state index contributed by atoms with van der Waals surface area (Å²) in [5.74, 6) is 0.957. The molecule has 6 nitrogen and oxygen atoms in total. The summed E-state index contributed by atoms with van der Waals surface area (Å²) in [7, 11) is 1.56. The monoisotopic (exact) mass is 442 g/mol. The first-order valence-electron chi connectivity index (χ1n) is 7.61. The van der Waals surface area contributed by atoms with E-state index in [4.69, 9.17) is 39.5 Å². The second kappa shape index (κ2) is 8.84. The maximum atomic E-state index is 12.1. The van der Waals surface area contributed by atoms with Crippen molar-refractivity contribution < 1.29 is 9.53 Å². The summed E-state index contributed by atoms with van der Waals surface area (Å²) in [6, 6.07) is 10.2. The smallest absolute Gasteiger partial charge is 0.234 e. The highest BCUT2D eigenvalue weighted by Crippen LogP contribution is 2.32. The fourth-order valence-corrected chi connectivity index (χ4v) is 3.33. The number of benzene rings is 2. The number of aromatic amines is 1. The normalized spacial score (nSPS) is 10.7. The molecule has 1 heterocycles. The van der Waals surface area contributed by atoms with Gasteiger partial charge in [-0.25, -0.2) is 4.98 Å². The highest BCUT2D eigenvalue weighted by Gasteiger charge is 2.14. The number of hydrogen-bond acceptors (Lipinski definition) is 5. The van der Waals surface area contributed by atoms with Crippen LogP contribution in [-0.4, -0.2) is 34.0 Å². The van der Waals surface area contributed by atoms with Gasteiger partial charge in [0.1, 0.15) is 5.75 Å². The standard InChI is InChI=1S/C17H13Cl3N4O2S/c1-26-13-6-5-9(18)7-10(13)16-22-17(24-23-16)27-8-14(25)21-12-4-2-3-11(19)15(12)20/h2-7H,8H2,1H3,(H,21,25)(H,22,23,24). The Hall–Kier alpha value is -1.93. The number of carbonyl (C=O) groups is 1. The number of nitrogens with one attached hydrogen (secondary N) is 2. The summed E-state index contributed by atoms with van der Waals surface area (Å²) >= 11 is 19.2. The predicted octanol–water partition coefficient (Wildman–Crippen LogP) is 5.17. The van der Waals surface area contributed by atoms with E-state index in [1.165, 1.54) is 11.8 Å². The molecule has 1 amide bonds. The molecule has 1 aromatic heterocycles. The lowest BCUT2D eigenvalue weighted by molar-refractivity contribution is -0.113. The predicted molar refractivity (Wildman–Crippen MR) is 109 cm³/mol. The number of amides is 1. The molecule has 0 saturated heterocycles. The number of H-pyrrole nitrogens is 1. The zero-order chi connectivity index (χ0) is 19.4. The van der Waals surface area contributed by atoms with E-state index in [0.717, 1.165) is 0 Å². The van der Waals surface area contributed by atoms with Crippen LogP contribution in [0.5, 0.6) is 5.75 Å². The largest absolute Gasteiger partial charge is 0.496 e. The van der Waals surface area contributed by atoms with Crippen LogP contribution in [0.15, 0.2) is 41.6 Å². The van der Waals surface area contributed by atoms with Gasteiger partial charge in [0, 0.05) is 5.02 Å². The molecule has 0 aliphatic heterocycles. The maximum absolute atomic E-state index is 12.1. The van der Waals surface area contributed by atoms with Gasteiger partial charge in [-0.15, -0.1) is 5.10 Å². The molecule has 0 bridgehead atoms. The summed E-state index contributed by atoms with van der Waals surface area (Å²) in [4.78, 5) is 16.5. The number of anilines is 1. The van der Waals surface area contributed by atoms with Crippen LogP contribution in [0.25, 0.3) is 11.4 Å². The highest BCUT2D eigenvalue weighted by atomic mass is 35.5. The van der Waals surface area contributed by atoms with Gasteiger partial charge in [-0.1, -0.05) is 52.6 Å². The van der Waals surface area contributed by atoms with Crippen molar-refractivity contribution in [2.45, 2.75) is 5.16 Å². The van der Waals surface area contributed by atoms with E-state index in [1.807, 2.05) is 0 Å². The molecule has 0 spiro atoms. The molecule has 0 aliphatic rings. The Morgan fingerprint density at radius 2 is 2.07 bits per heavy atom. The van der Waals surface area contributed by atoms with Crippen molar-refractivity contribution in [2.75, 3.05) is 18.2 Å². The quantitative estimate of drug-likeness (QED) is 0.514. The minimum absolute atomic E-state index is 0.104. The first-order valence-corrected chi connectivity index (χ1v) is 9.73. The van der Waals surface area contributed by atoms with Crippen molar-refractivity contribution >= 4 is 58.2 Å². The van der Waals surface area contributed by atoms with Gasteiger partial charge in [0.05, 0.1) is 34.2 Å². The number of halogens is 3. The third kappa shape index (κ3) is 4.87. The summed E-state index contributed by atoms with van der Waals surface area (Å²) < 4.78 is 5.31. The van der Waals surface area contributed by atoms with Crippen LogP contribution in [0.1, 0.15) is 0 Å². The van der Waals surface area contributed by atoms with Gasteiger partial charge in [0.15, 0.2) is 5.82 Å². The molecule has 0 atom stereocenters. The van der Waals surface area contributed by atoms with Gasteiger partial charge >= 0.3 is 0 Å². The summed E-state index contributed by atoms with van der Waals surface area (Å²) in [6.07, 6.45) is 0. The van der Waals surface area contributed by atoms with Gasteiger partial charge in [0.25, 0.3) is 0 Å². The Kier molecular flexibility index (Phi) is 6.49. The Morgan fingerprint density at radius 1 is 1.26 bits per heavy atom. The number of rotatable bonds is 6. The van der Waals surface area contributed by atoms with Gasteiger partial charge < -0.3 is 10.1 Å². The van der Waals surface area contributed by atoms with Crippen molar-refractivity contribution in [3.8, 4) is 17.1 Å². The van der Waals surface area contributed by atoms with Crippen molar-refractivity contribution in [3.63, 3.8) is 0 Å². The minimum atomic E-state index is -0.254. The number of carbonyl (C=O) groups excluding carboxylic acids is 1. The first kappa shape index (κ1) is 19.8. The van der Waals surface area contributed by atoms with E-state index >= 15 is 0 Å². The van der Waals surface area contributed by atoms with Crippen LogP contribution in [0.2, 0.25) is 15.1 Å². The molecule has 0 radical (unpaired) electrons. The molecule has 0 saturated carbocycles. The van der Waals surface area contributed by atoms with E-state index < -0.39 is 0 Å². The Morgan fingerprint density at radius 3 is 2.85 bits per heavy atom. The SMILES string of the molecule is COc1ccc(Cl)cc1-c1nc(SCC(=O)Nc2cccc(Cl)c2Cl)n[nH]1. The van der Waals surface area contributed by atoms with Crippen LogP contribution in [0.4, 0.5) is 5.69 Å². The van der Waals surface area contributed by atoms with Crippen LogP contribution >= 0.6 is 46.6 Å². The summed E-state index contributed by atoms with van der Waals surface area (Å²) in [5, 5.41) is 11.3. The van der Waals surface area contributed by atoms with E-state index in [0.29, 0.717) is 43.0 Å². The second-order valence-electron chi connectivity index (χ2n) is 5.25. The zero-order valence-electron chi connectivity index (χ0n) is 13.9. The van der Waals surface area contributed by atoms with Crippen molar-refractivity contribution in [1.82, 2.24) is 15.2 Å². The first-order chi connectivity index (χ1) is 13.0. The lowest BCUT2D eigenvalue weighted by Gasteiger charge is -2.07. The number of nitrogens with zero attached hydrogens (tertiary/aromatic N) is 2. The molecule has 0 fully saturated rings. The molecule has 10 heteroatoms. The Balaban J connectivity index is 1.65. The average Bonchev–Trinajstić information content (AvgIpc) is 3.13. The number of methoxy groups -OCH3 is 1. The molecule has 3 aromatic rings. The fourth-order valence-electron chi connectivity index (χ4n) is 2.21. The third-order valence-electron chi connectivity index (χ3n) is 3.44. The van der Waals surface area contributed by atoms with Crippen LogP contribution in [-0.2, 0) is 4.79 Å². The number of aromatic nitrogens is 3. The van der Waals surface area contributed by atoms with Crippen LogP contribution in [0.3, 0.4) is 0 Å². The third-order valence-corrected chi connectivity index (χ3v) is 5.34. The van der Waals surface area contributed by atoms with Gasteiger partial charge in [-0.2, -0.15) is 0 Å². The molecule has 2 N–H and O–H groups in total. The number of hydrogen-bond donors (Lipinski definition) is 2. The van der Waals surface area contributed by atoms with Gasteiger partial charge in [0.2, 0.25) is 11.1 Å². The molecule has 0 unspecified atom stereocenters. The van der Waals surface area contributed by atoms with E-state index in [1.54, 1.807) is 43.5 Å². The van der Waals surface area contributed by atoms with Crippen molar-refractivity contribution in [1.29, 1.82) is 0 Å². The minimum Gasteiger partial charge on any atom is -0.496 e. The molecular weight excluding hydrogens is 431 g/mol. The molecule has 27 heavy (non-hydrogen) atoms. The fraction of sp³-hybridized carbons (Fsp3) is 0.118. The van der Waals surface area contributed by atoms with E-state index in [2.05, 4.69) is 20.5 Å². The van der Waals surface area contributed by atoms with Gasteiger partial charge in [-0.05, 0) is 30.3 Å². The van der Waals surface area contributed by atoms with E-state index in [9.17, 15) is 4.79 Å². The summed E-state index contributed by atoms with van der Waals surface area (Å²) in [5.41, 5.74) is 1.13. The summed E-state index contributed by atoms with van der Waals surface area (Å²) in [6.45, 7) is 0. The average molecular weight is 444 g/mol. The lowest BCUT2D eigenvalue weighted by Crippen LogP contribution is -2.14. The topological polar surface area (TPSA) is 79.9 Å². The maximum Gasteiger partial charge on any atom is 0.234 e. The molecular formula is C17H13Cl3N4O2S. The molecule has 3 rings (SSSR count). The molecule has 0 aliphatic carbocycles.